The van der Waals surface area contributed by atoms with Crippen LogP contribution in [-0.2, 0) is 25.8 Å². The van der Waals surface area contributed by atoms with E-state index in [1.807, 2.05) is 10.6 Å². The van der Waals surface area contributed by atoms with Crippen LogP contribution < -0.4 is 10.9 Å². The summed E-state index contributed by atoms with van der Waals surface area (Å²) in [5, 5.41) is 4.81. The maximum Gasteiger partial charge on any atom is 0.262 e. The van der Waals surface area contributed by atoms with Gasteiger partial charge in [-0.3, -0.25) is 9.36 Å². The van der Waals surface area contributed by atoms with Crippen LogP contribution in [0, 0.1) is 0 Å². The third-order valence-electron chi connectivity index (χ3n) is 6.82. The van der Waals surface area contributed by atoms with Crippen molar-refractivity contribution in [2.24, 2.45) is 0 Å². The van der Waals surface area contributed by atoms with E-state index >= 15 is 0 Å². The second kappa shape index (κ2) is 9.03. The molecule has 2 aliphatic rings. The fraction of sp³-hybridized carbons (Fsp3) is 0.520. The molecule has 1 saturated carbocycles. The summed E-state index contributed by atoms with van der Waals surface area (Å²) in [5.41, 5.74) is 2.76. The Morgan fingerprint density at radius 3 is 2.73 bits per heavy atom. The standard InChI is InChI=1S/C25H31N3OS/c29-25-23-21-14-13-20(27-19-11-5-2-6-12-19)16-22(21)30-24(23)26-17-28(25)15-7-10-18-8-3-1-4-9-18/h1,3-4,8-9,17,19-20,27H,2,5-7,10-16H2/t20-/m0/s1. The average Bonchev–Trinajstić information content (AvgIpc) is 3.15. The molecular weight excluding hydrogens is 390 g/mol. The number of rotatable bonds is 6. The SMILES string of the molecule is O=c1c2c3c(sc2ncn1CCCc1ccccc1)C[C@@H](NC1CCCCC1)CC3. The van der Waals surface area contributed by atoms with Crippen LogP contribution in [0.2, 0.25) is 0 Å². The van der Waals surface area contributed by atoms with Gasteiger partial charge >= 0.3 is 0 Å². The quantitative estimate of drug-likeness (QED) is 0.618. The smallest absolute Gasteiger partial charge is 0.262 e. The van der Waals surface area contributed by atoms with Gasteiger partial charge in [0.25, 0.3) is 5.56 Å². The second-order valence-corrected chi connectivity index (χ2v) is 10.0. The van der Waals surface area contributed by atoms with Gasteiger partial charge in [0.2, 0.25) is 0 Å². The number of aromatic nitrogens is 2. The molecule has 0 spiro atoms. The van der Waals surface area contributed by atoms with Crippen molar-refractivity contribution >= 4 is 21.6 Å². The number of benzene rings is 1. The largest absolute Gasteiger partial charge is 0.311 e. The van der Waals surface area contributed by atoms with Crippen molar-refractivity contribution in [3.05, 3.63) is 63.0 Å². The van der Waals surface area contributed by atoms with Crippen LogP contribution in [-0.4, -0.2) is 21.6 Å². The predicted molar refractivity (Wildman–Crippen MR) is 124 cm³/mol. The van der Waals surface area contributed by atoms with E-state index in [9.17, 15) is 4.79 Å². The summed E-state index contributed by atoms with van der Waals surface area (Å²) in [6.07, 6.45) is 13.7. The van der Waals surface area contributed by atoms with E-state index < -0.39 is 0 Å². The zero-order chi connectivity index (χ0) is 20.3. The first kappa shape index (κ1) is 20.0. The Balaban J connectivity index is 1.29. The Kier molecular flexibility index (Phi) is 6.00. The summed E-state index contributed by atoms with van der Waals surface area (Å²) in [6, 6.07) is 11.7. The Labute approximate surface area is 182 Å². The average molecular weight is 422 g/mol. The summed E-state index contributed by atoms with van der Waals surface area (Å²) >= 11 is 1.74. The molecule has 0 radical (unpaired) electrons. The Morgan fingerprint density at radius 1 is 1.07 bits per heavy atom. The van der Waals surface area contributed by atoms with Crippen molar-refractivity contribution in [2.45, 2.75) is 82.8 Å². The predicted octanol–water partition coefficient (Wildman–Crippen LogP) is 4.87. The topological polar surface area (TPSA) is 46.9 Å². The second-order valence-electron chi connectivity index (χ2n) is 8.96. The zero-order valence-corrected chi connectivity index (χ0v) is 18.4. The van der Waals surface area contributed by atoms with Crippen LogP contribution in [0.3, 0.4) is 0 Å². The van der Waals surface area contributed by atoms with E-state index in [1.165, 1.54) is 48.1 Å². The van der Waals surface area contributed by atoms with E-state index in [2.05, 4.69) is 34.6 Å². The van der Waals surface area contributed by atoms with Gasteiger partial charge in [-0.2, -0.15) is 0 Å². The van der Waals surface area contributed by atoms with Crippen LogP contribution in [0.5, 0.6) is 0 Å². The van der Waals surface area contributed by atoms with Crippen LogP contribution in [0.25, 0.3) is 10.2 Å². The fourth-order valence-corrected chi connectivity index (χ4v) is 6.46. The van der Waals surface area contributed by atoms with Gasteiger partial charge in [0.1, 0.15) is 4.83 Å². The van der Waals surface area contributed by atoms with Crippen LogP contribution in [0.15, 0.2) is 41.5 Å². The minimum atomic E-state index is 0.157. The first-order valence-corrected chi connectivity index (χ1v) is 12.4. The highest BCUT2D eigenvalue weighted by atomic mass is 32.1. The van der Waals surface area contributed by atoms with Gasteiger partial charge < -0.3 is 5.32 Å². The number of nitrogens with one attached hydrogen (secondary N) is 1. The van der Waals surface area contributed by atoms with E-state index in [0.717, 1.165) is 48.9 Å². The molecule has 0 bridgehead atoms. The van der Waals surface area contributed by atoms with E-state index in [0.29, 0.717) is 12.1 Å². The molecule has 30 heavy (non-hydrogen) atoms. The van der Waals surface area contributed by atoms with Crippen LogP contribution in [0.4, 0.5) is 0 Å². The molecule has 4 nitrogen and oxygen atoms in total. The van der Waals surface area contributed by atoms with Crippen molar-refractivity contribution in [2.75, 3.05) is 0 Å². The molecule has 2 aliphatic carbocycles. The Bertz CT molecular complexity index is 1050. The lowest BCUT2D eigenvalue weighted by molar-refractivity contribution is 0.322. The molecule has 2 aromatic heterocycles. The lowest BCUT2D eigenvalue weighted by atomic mass is 9.90. The van der Waals surface area contributed by atoms with E-state index in [4.69, 9.17) is 0 Å². The van der Waals surface area contributed by atoms with Crippen molar-refractivity contribution < 1.29 is 0 Å². The molecule has 0 saturated heterocycles. The van der Waals surface area contributed by atoms with E-state index in [-0.39, 0.29) is 5.56 Å². The van der Waals surface area contributed by atoms with E-state index in [1.54, 1.807) is 17.7 Å². The minimum absolute atomic E-state index is 0.157. The van der Waals surface area contributed by atoms with Crippen molar-refractivity contribution in [3.63, 3.8) is 0 Å². The molecular formula is C25H31N3OS. The van der Waals surface area contributed by atoms with Gasteiger partial charge in [0, 0.05) is 23.5 Å². The molecule has 0 unspecified atom stereocenters. The van der Waals surface area contributed by atoms with Crippen molar-refractivity contribution in [1.29, 1.82) is 0 Å². The number of hydrogen-bond donors (Lipinski definition) is 1. The third-order valence-corrected chi connectivity index (χ3v) is 7.98. The van der Waals surface area contributed by atoms with Gasteiger partial charge in [0.05, 0.1) is 11.7 Å². The first-order valence-electron chi connectivity index (χ1n) is 11.6. The summed E-state index contributed by atoms with van der Waals surface area (Å²) in [5.74, 6) is 0. The highest BCUT2D eigenvalue weighted by Gasteiger charge is 2.27. The molecule has 1 N–H and O–H groups in total. The van der Waals surface area contributed by atoms with Crippen LogP contribution in [0.1, 0.15) is 60.9 Å². The summed E-state index contributed by atoms with van der Waals surface area (Å²) in [7, 11) is 0. The number of hydrogen-bond acceptors (Lipinski definition) is 4. The summed E-state index contributed by atoms with van der Waals surface area (Å²) in [6.45, 7) is 0.729. The van der Waals surface area contributed by atoms with Gasteiger partial charge in [-0.05, 0) is 56.1 Å². The third kappa shape index (κ3) is 4.23. The molecule has 5 rings (SSSR count). The maximum absolute atomic E-state index is 13.2. The first-order chi connectivity index (χ1) is 14.8. The van der Waals surface area contributed by atoms with Gasteiger partial charge in [-0.1, -0.05) is 49.6 Å². The molecule has 0 aliphatic heterocycles. The normalized spacial score (nSPS) is 19.8. The molecule has 0 amide bonds. The lowest BCUT2D eigenvalue weighted by Crippen LogP contribution is -2.42. The van der Waals surface area contributed by atoms with Gasteiger partial charge in [0.15, 0.2) is 0 Å². The Morgan fingerprint density at radius 2 is 1.90 bits per heavy atom. The van der Waals surface area contributed by atoms with Crippen molar-refractivity contribution in [3.8, 4) is 0 Å². The monoisotopic (exact) mass is 421 g/mol. The summed E-state index contributed by atoms with van der Waals surface area (Å²) in [4.78, 5) is 20.2. The zero-order valence-electron chi connectivity index (χ0n) is 17.6. The molecule has 1 aromatic carbocycles. The maximum atomic E-state index is 13.2. The highest BCUT2D eigenvalue weighted by Crippen LogP contribution is 2.34. The molecule has 3 aromatic rings. The molecule has 2 heterocycles. The lowest BCUT2D eigenvalue weighted by Gasteiger charge is -2.30. The van der Waals surface area contributed by atoms with Gasteiger partial charge in [-0.25, -0.2) is 4.98 Å². The summed E-state index contributed by atoms with van der Waals surface area (Å²) < 4.78 is 1.82. The minimum Gasteiger partial charge on any atom is -0.311 e. The number of fused-ring (bicyclic) bond motifs is 3. The number of thiophene rings is 1. The van der Waals surface area contributed by atoms with Crippen molar-refractivity contribution in [1.82, 2.24) is 14.9 Å². The number of nitrogens with zero attached hydrogens (tertiary/aromatic N) is 2. The molecule has 1 fully saturated rings. The number of aryl methyl sites for hydroxylation is 3. The van der Waals surface area contributed by atoms with Gasteiger partial charge in [-0.15, -0.1) is 11.3 Å². The molecule has 1 atom stereocenters. The fourth-order valence-electron chi connectivity index (χ4n) is 5.20. The molecule has 5 heteroatoms. The Hall–Kier alpha value is -1.98. The van der Waals surface area contributed by atoms with Crippen LogP contribution >= 0.6 is 11.3 Å². The highest BCUT2D eigenvalue weighted by molar-refractivity contribution is 7.18. The molecule has 158 valence electrons.